The van der Waals surface area contributed by atoms with Gasteiger partial charge in [-0.2, -0.15) is 0 Å². The van der Waals surface area contributed by atoms with Gasteiger partial charge < -0.3 is 10.2 Å². The molecule has 0 unspecified atom stereocenters. The van der Waals surface area contributed by atoms with E-state index in [0.29, 0.717) is 18.3 Å². The number of likely N-dealkylation sites (tertiary alicyclic amines) is 1. The predicted molar refractivity (Wildman–Crippen MR) is 83.8 cm³/mol. The van der Waals surface area contributed by atoms with Crippen molar-refractivity contribution in [2.24, 2.45) is 5.92 Å². The Morgan fingerprint density at radius 1 is 1.33 bits per heavy atom. The topological polar surface area (TPSA) is 74.3 Å². The van der Waals surface area contributed by atoms with Crippen LogP contribution < -0.4 is 10.0 Å². The molecule has 0 saturated carbocycles. The highest BCUT2D eigenvalue weighted by atomic mass is 32.2. The molecule has 2 N–H and O–H groups in total. The number of aromatic nitrogens is 1. The van der Waals surface area contributed by atoms with Crippen molar-refractivity contribution in [1.29, 1.82) is 0 Å². The molecule has 1 saturated heterocycles. The zero-order valence-electron chi connectivity index (χ0n) is 12.7. The van der Waals surface area contributed by atoms with Gasteiger partial charge in [-0.3, -0.25) is 0 Å². The number of nitrogens with zero attached hydrogens (tertiary/aromatic N) is 2. The molecule has 1 fully saturated rings. The normalized spacial score (nSPS) is 17.8. The molecule has 0 bridgehead atoms. The van der Waals surface area contributed by atoms with E-state index in [-0.39, 0.29) is 4.90 Å². The van der Waals surface area contributed by atoms with Crippen LogP contribution in [0.15, 0.2) is 23.2 Å². The van der Waals surface area contributed by atoms with E-state index in [9.17, 15) is 8.42 Å². The Morgan fingerprint density at radius 2 is 2.05 bits per heavy atom. The van der Waals surface area contributed by atoms with Crippen LogP contribution in [0.25, 0.3) is 0 Å². The summed E-state index contributed by atoms with van der Waals surface area (Å²) in [7, 11) is 0.425. The fourth-order valence-electron chi connectivity index (χ4n) is 2.52. The quantitative estimate of drug-likeness (QED) is 0.824. The molecule has 118 valence electrons. The SMILES string of the molecule is CNc1ccc(S(=O)(=O)NCCC2CCN(C)CC2)cn1. The molecule has 0 aliphatic carbocycles. The van der Waals surface area contributed by atoms with Gasteiger partial charge in [0.25, 0.3) is 0 Å². The van der Waals surface area contributed by atoms with E-state index >= 15 is 0 Å². The van der Waals surface area contributed by atoms with E-state index in [1.807, 2.05) is 0 Å². The van der Waals surface area contributed by atoms with Crippen molar-refractivity contribution in [1.82, 2.24) is 14.6 Å². The van der Waals surface area contributed by atoms with Crippen molar-refractivity contribution in [2.45, 2.75) is 24.2 Å². The fourth-order valence-corrected chi connectivity index (χ4v) is 3.51. The number of rotatable bonds is 6. The first kappa shape index (κ1) is 16.2. The first-order valence-electron chi connectivity index (χ1n) is 7.33. The minimum absolute atomic E-state index is 0.213. The first-order valence-corrected chi connectivity index (χ1v) is 8.81. The summed E-state index contributed by atoms with van der Waals surface area (Å²) in [6.07, 6.45) is 4.58. The molecular weight excluding hydrogens is 288 g/mol. The van der Waals surface area contributed by atoms with Crippen LogP contribution >= 0.6 is 0 Å². The van der Waals surface area contributed by atoms with Crippen molar-refractivity contribution in [3.63, 3.8) is 0 Å². The van der Waals surface area contributed by atoms with Crippen LogP contribution in [-0.4, -0.2) is 52.0 Å². The highest BCUT2D eigenvalue weighted by Gasteiger charge is 2.18. The molecule has 0 atom stereocenters. The number of piperidine rings is 1. The van der Waals surface area contributed by atoms with E-state index in [1.165, 1.54) is 6.20 Å². The molecule has 2 heterocycles. The Labute approximate surface area is 127 Å². The molecule has 6 nitrogen and oxygen atoms in total. The highest BCUT2D eigenvalue weighted by molar-refractivity contribution is 7.89. The van der Waals surface area contributed by atoms with Gasteiger partial charge in [0.15, 0.2) is 0 Å². The Bertz CT molecular complexity index is 537. The monoisotopic (exact) mass is 312 g/mol. The summed E-state index contributed by atoms with van der Waals surface area (Å²) in [5.41, 5.74) is 0. The number of sulfonamides is 1. The standard InChI is InChI=1S/C14H24N4O2S/c1-15-14-4-3-13(11-16-14)21(19,20)17-8-5-12-6-9-18(2)10-7-12/h3-4,11-12,17H,5-10H2,1-2H3,(H,15,16). The number of pyridine rings is 1. The maximum absolute atomic E-state index is 12.1. The third kappa shape index (κ3) is 4.66. The Hall–Kier alpha value is -1.18. The molecule has 0 aromatic carbocycles. The number of hydrogen-bond donors (Lipinski definition) is 2. The lowest BCUT2D eigenvalue weighted by Gasteiger charge is -2.28. The fraction of sp³-hybridized carbons (Fsp3) is 0.643. The zero-order chi connectivity index (χ0) is 15.3. The lowest BCUT2D eigenvalue weighted by atomic mass is 9.94. The van der Waals surface area contributed by atoms with Crippen molar-refractivity contribution in [3.05, 3.63) is 18.3 Å². The second kappa shape index (κ2) is 7.20. The van der Waals surface area contributed by atoms with Gasteiger partial charge in [-0.25, -0.2) is 18.1 Å². The summed E-state index contributed by atoms with van der Waals surface area (Å²) in [6, 6.07) is 3.22. The summed E-state index contributed by atoms with van der Waals surface area (Å²) in [6.45, 7) is 2.70. The van der Waals surface area contributed by atoms with Crippen LogP contribution in [0.1, 0.15) is 19.3 Å². The lowest BCUT2D eigenvalue weighted by Crippen LogP contribution is -2.32. The van der Waals surface area contributed by atoms with Crippen molar-refractivity contribution >= 4 is 15.8 Å². The maximum Gasteiger partial charge on any atom is 0.242 e. The van der Waals surface area contributed by atoms with E-state index in [4.69, 9.17) is 0 Å². The molecule has 0 amide bonds. The smallest absolute Gasteiger partial charge is 0.242 e. The van der Waals surface area contributed by atoms with Crippen LogP contribution in [0.4, 0.5) is 5.82 Å². The molecule has 0 radical (unpaired) electrons. The average Bonchev–Trinajstić information content (AvgIpc) is 2.49. The van der Waals surface area contributed by atoms with Crippen LogP contribution in [0, 0.1) is 5.92 Å². The second-order valence-corrected chi connectivity index (χ2v) is 7.33. The Balaban J connectivity index is 1.83. The van der Waals surface area contributed by atoms with Crippen LogP contribution in [0.3, 0.4) is 0 Å². The van der Waals surface area contributed by atoms with Gasteiger partial charge >= 0.3 is 0 Å². The van der Waals surface area contributed by atoms with Gasteiger partial charge in [0.2, 0.25) is 10.0 Å². The second-order valence-electron chi connectivity index (χ2n) is 5.56. The summed E-state index contributed by atoms with van der Waals surface area (Å²) < 4.78 is 27.0. The molecule has 2 rings (SSSR count). The molecule has 0 spiro atoms. The maximum atomic E-state index is 12.1. The average molecular weight is 312 g/mol. The van der Waals surface area contributed by atoms with Crippen LogP contribution in [-0.2, 0) is 10.0 Å². The molecular formula is C14H24N4O2S. The molecule has 1 aliphatic heterocycles. The van der Waals surface area contributed by atoms with Crippen molar-refractivity contribution in [2.75, 3.05) is 39.0 Å². The van der Waals surface area contributed by atoms with E-state index in [0.717, 1.165) is 32.4 Å². The molecule has 1 aromatic rings. The van der Waals surface area contributed by atoms with Gasteiger partial charge in [-0.1, -0.05) is 0 Å². The van der Waals surface area contributed by atoms with E-state index in [1.54, 1.807) is 19.2 Å². The minimum Gasteiger partial charge on any atom is -0.373 e. The van der Waals surface area contributed by atoms with Crippen molar-refractivity contribution in [3.8, 4) is 0 Å². The van der Waals surface area contributed by atoms with Gasteiger partial charge in [0, 0.05) is 19.8 Å². The number of hydrogen-bond acceptors (Lipinski definition) is 5. The van der Waals surface area contributed by atoms with Crippen LogP contribution in [0.5, 0.6) is 0 Å². The van der Waals surface area contributed by atoms with Gasteiger partial charge in [-0.05, 0) is 57.5 Å². The number of anilines is 1. The molecule has 1 aliphatic rings. The summed E-state index contributed by atoms with van der Waals surface area (Å²) >= 11 is 0. The minimum atomic E-state index is -3.45. The van der Waals surface area contributed by atoms with Gasteiger partial charge in [-0.15, -0.1) is 0 Å². The predicted octanol–water partition coefficient (Wildman–Crippen LogP) is 1.13. The van der Waals surface area contributed by atoms with E-state index < -0.39 is 10.0 Å². The largest absolute Gasteiger partial charge is 0.373 e. The lowest BCUT2D eigenvalue weighted by molar-refractivity contribution is 0.213. The summed E-state index contributed by atoms with van der Waals surface area (Å²) in [5, 5.41) is 2.87. The van der Waals surface area contributed by atoms with Gasteiger partial charge in [0.1, 0.15) is 10.7 Å². The third-order valence-corrected chi connectivity index (χ3v) is 5.43. The van der Waals surface area contributed by atoms with E-state index in [2.05, 4.69) is 27.0 Å². The Kier molecular flexibility index (Phi) is 5.55. The number of nitrogens with one attached hydrogen (secondary N) is 2. The molecule has 7 heteroatoms. The van der Waals surface area contributed by atoms with Crippen molar-refractivity contribution < 1.29 is 8.42 Å². The highest BCUT2D eigenvalue weighted by Crippen LogP contribution is 2.19. The first-order chi connectivity index (χ1) is 10.0. The summed E-state index contributed by atoms with van der Waals surface area (Å²) in [4.78, 5) is 6.56. The molecule has 21 heavy (non-hydrogen) atoms. The molecule has 1 aromatic heterocycles. The van der Waals surface area contributed by atoms with Gasteiger partial charge in [0.05, 0.1) is 0 Å². The van der Waals surface area contributed by atoms with Crippen LogP contribution in [0.2, 0.25) is 0 Å². The Morgan fingerprint density at radius 3 is 2.62 bits per heavy atom. The zero-order valence-corrected chi connectivity index (χ0v) is 13.5. The summed E-state index contributed by atoms with van der Waals surface area (Å²) in [5.74, 6) is 1.27. The third-order valence-electron chi connectivity index (χ3n) is 3.99.